The first-order valence-corrected chi connectivity index (χ1v) is 7.26. The summed E-state index contributed by atoms with van der Waals surface area (Å²) in [6.45, 7) is 3.55. The van der Waals surface area contributed by atoms with Gasteiger partial charge in [0.25, 0.3) is 0 Å². The molecule has 2 heterocycles. The lowest BCUT2D eigenvalue weighted by Crippen LogP contribution is -2.19. The maximum atomic E-state index is 11.7. The molecule has 0 unspecified atom stereocenters. The zero-order valence-electron chi connectivity index (χ0n) is 12.2. The Kier molecular flexibility index (Phi) is 5.74. The van der Waals surface area contributed by atoms with Crippen molar-refractivity contribution in [1.82, 2.24) is 9.78 Å². The van der Waals surface area contributed by atoms with Gasteiger partial charge < -0.3 is 14.8 Å². The lowest BCUT2D eigenvalue weighted by Gasteiger charge is -2.22. The van der Waals surface area contributed by atoms with Gasteiger partial charge in [-0.25, -0.2) is 0 Å². The number of aromatic nitrogens is 2. The average Bonchev–Trinajstić information content (AvgIpc) is 2.95. The van der Waals surface area contributed by atoms with E-state index in [1.54, 1.807) is 13.1 Å². The first-order chi connectivity index (χ1) is 10.2. The second kappa shape index (κ2) is 7.78. The van der Waals surface area contributed by atoms with E-state index in [0.717, 1.165) is 26.1 Å². The Morgan fingerprint density at radius 3 is 2.90 bits per heavy atom. The van der Waals surface area contributed by atoms with Crippen molar-refractivity contribution in [3.8, 4) is 0 Å². The van der Waals surface area contributed by atoms with Crippen LogP contribution in [0.25, 0.3) is 0 Å². The monoisotopic (exact) mass is 295 g/mol. The fourth-order valence-electron chi connectivity index (χ4n) is 2.22. The molecule has 1 amide bonds. The Morgan fingerprint density at radius 2 is 2.19 bits per heavy atom. The SMILES string of the molecule is CCOC(=O)CCC(=O)Nc1cnn(C2CCOCC2)c1. The van der Waals surface area contributed by atoms with E-state index in [2.05, 4.69) is 10.4 Å². The van der Waals surface area contributed by atoms with E-state index in [1.807, 2.05) is 10.9 Å². The maximum Gasteiger partial charge on any atom is 0.306 e. The summed E-state index contributed by atoms with van der Waals surface area (Å²) < 4.78 is 12.0. The van der Waals surface area contributed by atoms with Crippen molar-refractivity contribution < 1.29 is 19.1 Å². The summed E-state index contributed by atoms with van der Waals surface area (Å²) in [6.07, 6.45) is 5.50. The minimum absolute atomic E-state index is 0.0910. The predicted octanol–water partition coefficient (Wildman–Crippen LogP) is 1.52. The third kappa shape index (κ3) is 4.86. The molecule has 21 heavy (non-hydrogen) atoms. The van der Waals surface area contributed by atoms with Crippen molar-refractivity contribution in [2.24, 2.45) is 0 Å². The van der Waals surface area contributed by atoms with Crippen LogP contribution in [0.3, 0.4) is 0 Å². The number of hydrogen-bond donors (Lipinski definition) is 1. The molecule has 0 atom stereocenters. The van der Waals surface area contributed by atoms with Crippen molar-refractivity contribution in [3.63, 3.8) is 0 Å². The molecule has 0 radical (unpaired) electrons. The van der Waals surface area contributed by atoms with E-state index in [9.17, 15) is 9.59 Å². The van der Waals surface area contributed by atoms with Crippen LogP contribution in [-0.4, -0.2) is 41.5 Å². The Bertz CT molecular complexity index is 480. The summed E-state index contributed by atoms with van der Waals surface area (Å²) in [6, 6.07) is 0.323. The highest BCUT2D eigenvalue weighted by molar-refractivity contribution is 5.92. The molecule has 1 aliphatic rings. The quantitative estimate of drug-likeness (QED) is 0.804. The van der Waals surface area contributed by atoms with Gasteiger partial charge in [-0.3, -0.25) is 14.3 Å². The summed E-state index contributed by atoms with van der Waals surface area (Å²) in [5.41, 5.74) is 0.648. The highest BCUT2D eigenvalue weighted by Crippen LogP contribution is 2.21. The Balaban J connectivity index is 1.78. The lowest BCUT2D eigenvalue weighted by atomic mass is 10.1. The Morgan fingerprint density at radius 1 is 1.43 bits per heavy atom. The zero-order valence-corrected chi connectivity index (χ0v) is 12.2. The number of esters is 1. The molecular formula is C14H21N3O4. The van der Waals surface area contributed by atoms with Crippen LogP contribution in [0.2, 0.25) is 0 Å². The molecule has 7 heteroatoms. The summed E-state index contributed by atoms with van der Waals surface area (Å²) in [5, 5.41) is 7.01. The van der Waals surface area contributed by atoms with Crippen LogP contribution in [-0.2, 0) is 19.1 Å². The largest absolute Gasteiger partial charge is 0.466 e. The van der Waals surface area contributed by atoms with E-state index < -0.39 is 0 Å². The van der Waals surface area contributed by atoms with Gasteiger partial charge in [0, 0.05) is 25.8 Å². The average molecular weight is 295 g/mol. The molecule has 0 bridgehead atoms. The Labute approximate surface area is 123 Å². The molecule has 2 rings (SSSR count). The molecule has 0 spiro atoms. The van der Waals surface area contributed by atoms with Crippen LogP contribution in [0.5, 0.6) is 0 Å². The number of nitrogens with one attached hydrogen (secondary N) is 1. The van der Waals surface area contributed by atoms with Gasteiger partial charge in [0.1, 0.15) is 0 Å². The minimum Gasteiger partial charge on any atom is -0.466 e. The Hall–Kier alpha value is -1.89. The van der Waals surface area contributed by atoms with Crippen LogP contribution in [0, 0.1) is 0 Å². The van der Waals surface area contributed by atoms with Crippen molar-refractivity contribution in [2.75, 3.05) is 25.1 Å². The van der Waals surface area contributed by atoms with Crippen LogP contribution in [0.4, 0.5) is 5.69 Å². The van der Waals surface area contributed by atoms with Gasteiger partial charge in [-0.05, 0) is 19.8 Å². The van der Waals surface area contributed by atoms with E-state index in [1.165, 1.54) is 0 Å². The molecule has 1 aromatic rings. The molecule has 1 aliphatic heterocycles. The molecule has 0 aromatic carbocycles. The van der Waals surface area contributed by atoms with Crippen molar-refractivity contribution in [1.29, 1.82) is 0 Å². The maximum absolute atomic E-state index is 11.7. The van der Waals surface area contributed by atoms with E-state index in [-0.39, 0.29) is 24.7 Å². The van der Waals surface area contributed by atoms with E-state index in [0.29, 0.717) is 18.3 Å². The standard InChI is InChI=1S/C14H21N3O4/c1-2-21-14(19)4-3-13(18)16-11-9-15-17(10-11)12-5-7-20-8-6-12/h9-10,12H,2-8H2,1H3,(H,16,18). The number of amides is 1. The number of carbonyl (C=O) groups is 2. The van der Waals surface area contributed by atoms with Gasteiger partial charge in [0.15, 0.2) is 0 Å². The van der Waals surface area contributed by atoms with Crippen LogP contribution < -0.4 is 5.32 Å². The molecule has 0 saturated carbocycles. The van der Waals surface area contributed by atoms with Crippen molar-refractivity contribution in [2.45, 2.75) is 38.6 Å². The summed E-state index contributed by atoms with van der Waals surface area (Å²) >= 11 is 0. The second-order valence-electron chi connectivity index (χ2n) is 4.91. The second-order valence-corrected chi connectivity index (χ2v) is 4.91. The molecular weight excluding hydrogens is 274 g/mol. The van der Waals surface area contributed by atoms with Gasteiger partial charge in [-0.2, -0.15) is 5.10 Å². The van der Waals surface area contributed by atoms with Crippen LogP contribution in [0.15, 0.2) is 12.4 Å². The normalized spacial score (nSPS) is 15.7. The molecule has 1 aromatic heterocycles. The molecule has 1 N–H and O–H groups in total. The lowest BCUT2D eigenvalue weighted by molar-refractivity contribution is -0.144. The van der Waals surface area contributed by atoms with Gasteiger partial charge in [-0.1, -0.05) is 0 Å². The number of ether oxygens (including phenoxy) is 2. The molecule has 0 aliphatic carbocycles. The van der Waals surface area contributed by atoms with E-state index >= 15 is 0 Å². The third-order valence-electron chi connectivity index (χ3n) is 3.31. The first-order valence-electron chi connectivity index (χ1n) is 7.26. The molecule has 1 saturated heterocycles. The number of hydrogen-bond acceptors (Lipinski definition) is 5. The molecule has 7 nitrogen and oxygen atoms in total. The number of rotatable bonds is 6. The van der Waals surface area contributed by atoms with Crippen LogP contribution in [0.1, 0.15) is 38.6 Å². The van der Waals surface area contributed by atoms with Gasteiger partial charge >= 0.3 is 5.97 Å². The third-order valence-corrected chi connectivity index (χ3v) is 3.31. The fraction of sp³-hybridized carbons (Fsp3) is 0.643. The van der Waals surface area contributed by atoms with Crippen molar-refractivity contribution in [3.05, 3.63) is 12.4 Å². The highest BCUT2D eigenvalue weighted by atomic mass is 16.5. The smallest absolute Gasteiger partial charge is 0.306 e. The highest BCUT2D eigenvalue weighted by Gasteiger charge is 2.17. The summed E-state index contributed by atoms with van der Waals surface area (Å²) in [5.74, 6) is -0.569. The van der Waals surface area contributed by atoms with Gasteiger partial charge in [0.05, 0.1) is 31.0 Å². The van der Waals surface area contributed by atoms with Crippen LogP contribution >= 0.6 is 0 Å². The topological polar surface area (TPSA) is 82.5 Å². The molecule has 1 fully saturated rings. The number of nitrogens with zero attached hydrogens (tertiary/aromatic N) is 2. The zero-order chi connectivity index (χ0) is 15.1. The predicted molar refractivity (Wildman–Crippen MR) is 75.8 cm³/mol. The van der Waals surface area contributed by atoms with E-state index in [4.69, 9.17) is 9.47 Å². The number of anilines is 1. The van der Waals surface area contributed by atoms with Crippen molar-refractivity contribution >= 4 is 17.6 Å². The number of carbonyl (C=O) groups excluding carboxylic acids is 2. The summed E-state index contributed by atoms with van der Waals surface area (Å²) in [7, 11) is 0. The minimum atomic E-state index is -0.356. The molecule has 116 valence electrons. The van der Waals surface area contributed by atoms with Gasteiger partial charge in [0.2, 0.25) is 5.91 Å². The summed E-state index contributed by atoms with van der Waals surface area (Å²) in [4.78, 5) is 22.9. The first kappa shape index (κ1) is 15.5. The fourth-order valence-corrected chi connectivity index (χ4v) is 2.22. The van der Waals surface area contributed by atoms with Gasteiger partial charge in [-0.15, -0.1) is 0 Å².